The van der Waals surface area contributed by atoms with E-state index in [1.807, 2.05) is 0 Å². The molecular weight excluding hydrogens is 731 g/mol. The van der Waals surface area contributed by atoms with Gasteiger partial charge < -0.3 is 31.6 Å². The summed E-state index contributed by atoms with van der Waals surface area (Å²) in [6.07, 6.45) is 31.1. The summed E-state index contributed by atoms with van der Waals surface area (Å²) in [6, 6.07) is -0.701. The van der Waals surface area contributed by atoms with E-state index in [0.29, 0.717) is 32.6 Å². The van der Waals surface area contributed by atoms with Gasteiger partial charge in [-0.15, -0.1) is 0 Å². The molecule has 2 amide bonds. The highest BCUT2D eigenvalue weighted by Gasteiger charge is 2.21. The van der Waals surface area contributed by atoms with Gasteiger partial charge in [-0.05, 0) is 57.8 Å². The van der Waals surface area contributed by atoms with E-state index in [-0.39, 0.29) is 48.1 Å². The Kier molecular flexibility index (Phi) is 38.9. The van der Waals surface area contributed by atoms with Crippen molar-refractivity contribution in [2.75, 3.05) is 26.3 Å². The molecule has 0 aliphatic heterocycles. The molecule has 0 rings (SSSR count). The highest BCUT2D eigenvalue weighted by atomic mass is 16.5. The Morgan fingerprint density at radius 3 is 1.47 bits per heavy atom. The van der Waals surface area contributed by atoms with Gasteiger partial charge in [-0.25, -0.2) is 0 Å². The summed E-state index contributed by atoms with van der Waals surface area (Å²) in [5.74, 6) is -0.395. The summed E-state index contributed by atoms with van der Waals surface area (Å²) in [4.78, 5) is 55.2. The smallest absolute Gasteiger partial charge is 0.308 e. The number of hydrogen-bond donors (Lipinski definition) is 4. The number of guanidine groups is 1. The lowest BCUT2D eigenvalue weighted by Crippen LogP contribution is -2.47. The molecule has 0 saturated carbocycles. The maximum atomic E-state index is 13.0. The van der Waals surface area contributed by atoms with Gasteiger partial charge in [0.15, 0.2) is 5.96 Å². The summed E-state index contributed by atoms with van der Waals surface area (Å²) >= 11 is 0. The van der Waals surface area contributed by atoms with Crippen molar-refractivity contribution in [2.45, 2.75) is 233 Å². The van der Waals surface area contributed by atoms with Gasteiger partial charge in [-0.3, -0.25) is 24.2 Å². The number of hydrogen-bond acceptors (Lipinski definition) is 7. The van der Waals surface area contributed by atoms with Gasteiger partial charge in [0.25, 0.3) is 0 Å². The maximum Gasteiger partial charge on any atom is 0.308 e. The van der Waals surface area contributed by atoms with Crippen molar-refractivity contribution in [1.82, 2.24) is 10.6 Å². The van der Waals surface area contributed by atoms with Gasteiger partial charge in [0, 0.05) is 19.5 Å². The molecule has 340 valence electrons. The van der Waals surface area contributed by atoms with E-state index in [9.17, 15) is 19.2 Å². The average Bonchev–Trinajstić information content (AvgIpc) is 3.20. The van der Waals surface area contributed by atoms with Gasteiger partial charge in [-0.2, -0.15) is 0 Å². The quantitative estimate of drug-likeness (QED) is 0.0204. The fourth-order valence-electron chi connectivity index (χ4n) is 7.36. The molecule has 0 aromatic carbocycles. The monoisotopic (exact) mass is 822 g/mol. The first-order valence-corrected chi connectivity index (χ1v) is 24.2. The fourth-order valence-corrected chi connectivity index (χ4v) is 7.36. The first kappa shape index (κ1) is 55.2. The fraction of sp³-hybridized carbons (Fsp3) is 0.894. The van der Waals surface area contributed by atoms with Gasteiger partial charge >= 0.3 is 11.9 Å². The predicted molar refractivity (Wildman–Crippen MR) is 240 cm³/mol. The normalized spacial score (nSPS) is 12.7. The van der Waals surface area contributed by atoms with Crippen LogP contribution in [0.2, 0.25) is 0 Å². The van der Waals surface area contributed by atoms with Crippen molar-refractivity contribution in [3.8, 4) is 0 Å². The molecule has 58 heavy (non-hydrogen) atoms. The molecule has 0 fully saturated rings. The molecule has 0 spiro atoms. The zero-order valence-electron chi connectivity index (χ0n) is 38.0. The van der Waals surface area contributed by atoms with Gasteiger partial charge in [0.2, 0.25) is 11.8 Å². The molecule has 0 aromatic heterocycles. The number of nitrogens with zero attached hydrogens (tertiary/aromatic N) is 1. The van der Waals surface area contributed by atoms with E-state index in [4.69, 9.17) is 20.9 Å². The minimum atomic E-state index is -0.701. The number of rotatable bonds is 42. The third kappa shape index (κ3) is 34.1. The molecule has 0 aliphatic carbocycles. The summed E-state index contributed by atoms with van der Waals surface area (Å²) in [7, 11) is 0. The van der Waals surface area contributed by atoms with Crippen molar-refractivity contribution >= 4 is 29.7 Å². The summed E-state index contributed by atoms with van der Waals surface area (Å²) in [5, 5.41) is 5.87. The largest absolute Gasteiger partial charge is 0.465 e. The lowest BCUT2D eigenvalue weighted by molar-refractivity contribution is -0.150. The SMILES string of the molecule is CCCCCCCCC(CCCCCC)C(=O)OCCCCCCCC(=O)N[C@@H](CCN=C(N)N)C(=O)NCCCCCCCCOC(=O)C(CCC)CCCCC. The molecule has 0 radical (unpaired) electrons. The molecule has 6 N–H and O–H groups in total. The Morgan fingerprint density at radius 2 is 0.931 bits per heavy atom. The predicted octanol–water partition coefficient (Wildman–Crippen LogP) is 10.4. The van der Waals surface area contributed by atoms with Crippen molar-refractivity contribution in [3.05, 3.63) is 0 Å². The van der Waals surface area contributed by atoms with Crippen LogP contribution in [0.25, 0.3) is 0 Å². The van der Waals surface area contributed by atoms with Crippen molar-refractivity contribution in [2.24, 2.45) is 28.3 Å². The van der Waals surface area contributed by atoms with Crippen molar-refractivity contribution < 1.29 is 28.7 Å². The molecule has 0 aliphatic rings. The molecular formula is C47H91N5O6. The van der Waals surface area contributed by atoms with Crippen LogP contribution >= 0.6 is 0 Å². The summed E-state index contributed by atoms with van der Waals surface area (Å²) < 4.78 is 11.3. The number of carbonyl (C=O) groups excluding carboxylic acids is 4. The van der Waals surface area contributed by atoms with Crippen LogP contribution in [0, 0.1) is 11.8 Å². The third-order valence-corrected chi connectivity index (χ3v) is 11.0. The molecule has 0 saturated heterocycles. The lowest BCUT2D eigenvalue weighted by Gasteiger charge is -2.18. The van der Waals surface area contributed by atoms with Crippen molar-refractivity contribution in [3.63, 3.8) is 0 Å². The maximum absolute atomic E-state index is 13.0. The van der Waals surface area contributed by atoms with E-state index in [1.54, 1.807) is 0 Å². The molecule has 0 bridgehead atoms. The van der Waals surface area contributed by atoms with E-state index >= 15 is 0 Å². The van der Waals surface area contributed by atoms with E-state index in [2.05, 4.69) is 43.3 Å². The second-order valence-electron chi connectivity index (χ2n) is 16.6. The zero-order chi connectivity index (χ0) is 42.9. The highest BCUT2D eigenvalue weighted by molar-refractivity contribution is 5.87. The van der Waals surface area contributed by atoms with Gasteiger partial charge in [0.05, 0.1) is 25.0 Å². The average molecular weight is 822 g/mol. The number of esters is 2. The summed E-state index contributed by atoms with van der Waals surface area (Å²) in [6.45, 7) is 10.5. The standard InChI is InChI=1S/C47H91N5O6/c1-5-9-12-14-18-25-33-41(32-24-13-10-6-2)46(56)58-39-29-22-17-19-26-34-43(53)52-42(35-37-51-47(48)49)44(54)50-36-27-20-15-16-21-28-38-57-45(55)40(30-8-4)31-23-11-7-3/h40-42H,5-39H2,1-4H3,(H,50,54)(H,52,53)(H4,48,49,51)/t40?,41?,42-/m0/s1. The van der Waals surface area contributed by atoms with Crippen LogP contribution in [0.4, 0.5) is 0 Å². The minimum absolute atomic E-state index is 0.0172. The van der Waals surface area contributed by atoms with Crippen LogP contribution in [-0.4, -0.2) is 62.1 Å². The Hall–Kier alpha value is -2.85. The van der Waals surface area contributed by atoms with Crippen LogP contribution in [0.3, 0.4) is 0 Å². The second kappa shape index (κ2) is 40.9. The van der Waals surface area contributed by atoms with E-state index in [0.717, 1.165) is 135 Å². The Balaban J connectivity index is 4.34. The molecule has 3 atom stereocenters. The Bertz CT molecular complexity index is 1040. The highest BCUT2D eigenvalue weighted by Crippen LogP contribution is 2.21. The van der Waals surface area contributed by atoms with Crippen LogP contribution < -0.4 is 22.1 Å². The molecule has 2 unspecified atom stereocenters. The number of unbranched alkanes of at least 4 members (excludes halogenated alkanes) is 19. The first-order chi connectivity index (χ1) is 28.2. The number of nitrogens with one attached hydrogen (secondary N) is 2. The first-order valence-electron chi connectivity index (χ1n) is 24.2. The van der Waals surface area contributed by atoms with Gasteiger partial charge in [-0.1, -0.05) is 163 Å². The van der Waals surface area contributed by atoms with Crippen LogP contribution in [0.1, 0.15) is 227 Å². The summed E-state index contributed by atoms with van der Waals surface area (Å²) in [5.41, 5.74) is 11.0. The molecule has 0 heterocycles. The topological polar surface area (TPSA) is 175 Å². The zero-order valence-corrected chi connectivity index (χ0v) is 38.0. The lowest BCUT2D eigenvalue weighted by atomic mass is 9.94. The number of nitrogens with two attached hydrogens (primary N) is 2. The van der Waals surface area contributed by atoms with Gasteiger partial charge in [0.1, 0.15) is 6.04 Å². The van der Waals surface area contributed by atoms with Crippen molar-refractivity contribution in [1.29, 1.82) is 0 Å². The van der Waals surface area contributed by atoms with E-state index in [1.165, 1.54) is 51.4 Å². The van der Waals surface area contributed by atoms with E-state index < -0.39 is 6.04 Å². The second-order valence-corrected chi connectivity index (χ2v) is 16.6. The Morgan fingerprint density at radius 1 is 0.500 bits per heavy atom. The molecule has 0 aromatic rings. The number of carbonyl (C=O) groups is 4. The van der Waals surface area contributed by atoms with Crippen LogP contribution in [0.15, 0.2) is 4.99 Å². The number of amides is 2. The number of ether oxygens (including phenoxy) is 2. The van der Waals surface area contributed by atoms with Crippen LogP contribution in [0.5, 0.6) is 0 Å². The Labute approximate surface area is 355 Å². The minimum Gasteiger partial charge on any atom is -0.465 e. The van der Waals surface area contributed by atoms with Crippen LogP contribution in [-0.2, 0) is 28.7 Å². The molecule has 11 nitrogen and oxygen atoms in total. The third-order valence-electron chi connectivity index (χ3n) is 11.0. The molecule has 11 heteroatoms. The number of aliphatic imine (C=N–C) groups is 1.